The minimum atomic E-state index is 0.294. The zero-order chi connectivity index (χ0) is 17.3. The number of nitrogens with zero attached hydrogens (tertiary/aromatic N) is 3. The lowest BCUT2D eigenvalue weighted by Gasteiger charge is -2.21. The molecule has 1 fully saturated rings. The first-order valence-corrected chi connectivity index (χ1v) is 8.95. The SMILES string of the molecule is c1cc(C[C@@H]2COC[C@H]2n2ccnc2-c2ccc3[nH]ccc3c2)ccn1. The average Bonchev–Trinajstić information content (AvgIpc) is 3.41. The summed E-state index contributed by atoms with van der Waals surface area (Å²) in [5, 5.41) is 1.20. The van der Waals surface area contributed by atoms with E-state index in [0.29, 0.717) is 12.0 Å². The molecule has 0 saturated carbocycles. The Kier molecular flexibility index (Phi) is 3.79. The predicted molar refractivity (Wildman–Crippen MR) is 101 cm³/mol. The molecule has 5 rings (SSSR count). The topological polar surface area (TPSA) is 55.7 Å². The van der Waals surface area contributed by atoms with Gasteiger partial charge in [-0.05, 0) is 48.4 Å². The number of aromatic amines is 1. The molecule has 4 heterocycles. The van der Waals surface area contributed by atoms with E-state index in [1.54, 1.807) is 0 Å². The molecule has 0 spiro atoms. The third-order valence-electron chi connectivity index (χ3n) is 5.25. The first kappa shape index (κ1) is 15.3. The van der Waals surface area contributed by atoms with E-state index in [4.69, 9.17) is 4.74 Å². The Labute approximate surface area is 151 Å². The van der Waals surface area contributed by atoms with Crippen molar-refractivity contribution >= 4 is 10.9 Å². The molecule has 1 saturated heterocycles. The van der Waals surface area contributed by atoms with Gasteiger partial charge in [0.1, 0.15) is 5.82 Å². The second kappa shape index (κ2) is 6.42. The number of pyridine rings is 1. The van der Waals surface area contributed by atoms with Crippen LogP contribution >= 0.6 is 0 Å². The Morgan fingerprint density at radius 1 is 1.08 bits per heavy atom. The summed E-state index contributed by atoms with van der Waals surface area (Å²) in [5.41, 5.74) is 3.58. The molecule has 26 heavy (non-hydrogen) atoms. The molecule has 4 aromatic rings. The Morgan fingerprint density at radius 3 is 2.92 bits per heavy atom. The molecule has 3 aromatic heterocycles. The van der Waals surface area contributed by atoms with Crippen molar-refractivity contribution in [1.82, 2.24) is 19.5 Å². The number of ether oxygens (including phenoxy) is 1. The number of benzene rings is 1. The Hall–Kier alpha value is -2.92. The molecule has 0 aliphatic carbocycles. The number of hydrogen-bond donors (Lipinski definition) is 1. The second-order valence-corrected chi connectivity index (χ2v) is 6.86. The lowest BCUT2D eigenvalue weighted by Crippen LogP contribution is -2.20. The highest BCUT2D eigenvalue weighted by atomic mass is 16.5. The van der Waals surface area contributed by atoms with Crippen LogP contribution in [0.5, 0.6) is 0 Å². The maximum absolute atomic E-state index is 5.85. The van der Waals surface area contributed by atoms with Crippen LogP contribution in [0.25, 0.3) is 22.3 Å². The summed E-state index contributed by atoms with van der Waals surface area (Å²) in [6, 6.07) is 13.0. The number of imidazole rings is 1. The van der Waals surface area contributed by atoms with Gasteiger partial charge in [-0.25, -0.2) is 4.98 Å². The van der Waals surface area contributed by atoms with Gasteiger partial charge < -0.3 is 14.3 Å². The fraction of sp³-hybridized carbons (Fsp3) is 0.238. The summed E-state index contributed by atoms with van der Waals surface area (Å²) in [6.45, 7) is 1.51. The van der Waals surface area contributed by atoms with E-state index in [1.165, 1.54) is 10.9 Å². The molecule has 1 aromatic carbocycles. The maximum Gasteiger partial charge on any atom is 0.140 e. The molecule has 0 amide bonds. The summed E-state index contributed by atoms with van der Waals surface area (Å²) in [7, 11) is 0. The van der Waals surface area contributed by atoms with E-state index in [9.17, 15) is 0 Å². The molecular weight excluding hydrogens is 324 g/mol. The van der Waals surface area contributed by atoms with Crippen molar-refractivity contribution in [2.45, 2.75) is 12.5 Å². The molecule has 0 unspecified atom stereocenters. The minimum absolute atomic E-state index is 0.294. The van der Waals surface area contributed by atoms with Crippen LogP contribution in [0.3, 0.4) is 0 Å². The summed E-state index contributed by atoms with van der Waals surface area (Å²) < 4.78 is 8.13. The molecular formula is C21H20N4O. The van der Waals surface area contributed by atoms with Gasteiger partial charge >= 0.3 is 0 Å². The van der Waals surface area contributed by atoms with Gasteiger partial charge in [0.2, 0.25) is 0 Å². The number of hydrogen-bond acceptors (Lipinski definition) is 3. The Balaban J connectivity index is 1.47. The quantitative estimate of drug-likeness (QED) is 0.612. The van der Waals surface area contributed by atoms with E-state index >= 15 is 0 Å². The second-order valence-electron chi connectivity index (χ2n) is 6.86. The normalized spacial score (nSPS) is 20.0. The Morgan fingerprint density at radius 2 is 2.00 bits per heavy atom. The largest absolute Gasteiger partial charge is 0.379 e. The van der Waals surface area contributed by atoms with Crippen molar-refractivity contribution in [3.63, 3.8) is 0 Å². The molecule has 1 aliphatic rings. The van der Waals surface area contributed by atoms with Gasteiger partial charge in [-0.15, -0.1) is 0 Å². The molecule has 5 nitrogen and oxygen atoms in total. The van der Waals surface area contributed by atoms with Crippen molar-refractivity contribution in [1.29, 1.82) is 0 Å². The van der Waals surface area contributed by atoms with Gasteiger partial charge in [0.25, 0.3) is 0 Å². The lowest BCUT2D eigenvalue weighted by atomic mass is 9.95. The van der Waals surface area contributed by atoms with Crippen LogP contribution < -0.4 is 0 Å². The molecule has 5 heteroatoms. The van der Waals surface area contributed by atoms with Gasteiger partial charge in [-0.1, -0.05) is 0 Å². The highest BCUT2D eigenvalue weighted by Crippen LogP contribution is 2.33. The third kappa shape index (κ3) is 2.70. The fourth-order valence-corrected chi connectivity index (χ4v) is 3.91. The number of aromatic nitrogens is 4. The van der Waals surface area contributed by atoms with E-state index < -0.39 is 0 Å². The van der Waals surface area contributed by atoms with Crippen molar-refractivity contribution in [2.75, 3.05) is 13.2 Å². The van der Waals surface area contributed by atoms with Gasteiger partial charge in [0, 0.05) is 53.4 Å². The van der Waals surface area contributed by atoms with E-state index in [1.807, 2.05) is 24.8 Å². The number of nitrogens with one attached hydrogen (secondary N) is 1. The predicted octanol–water partition coefficient (Wildman–Crippen LogP) is 3.86. The number of fused-ring (bicyclic) bond motifs is 1. The van der Waals surface area contributed by atoms with Gasteiger partial charge in [0.05, 0.1) is 19.3 Å². The fourth-order valence-electron chi connectivity index (χ4n) is 3.91. The average molecular weight is 344 g/mol. The lowest BCUT2D eigenvalue weighted by molar-refractivity contribution is 0.181. The van der Waals surface area contributed by atoms with E-state index in [0.717, 1.165) is 36.5 Å². The summed E-state index contributed by atoms with van der Waals surface area (Å²) >= 11 is 0. The molecule has 130 valence electrons. The molecule has 1 N–H and O–H groups in total. The maximum atomic E-state index is 5.85. The highest BCUT2D eigenvalue weighted by Gasteiger charge is 2.31. The summed E-state index contributed by atoms with van der Waals surface area (Å²) in [6.07, 6.45) is 10.6. The van der Waals surface area contributed by atoms with Crippen molar-refractivity contribution in [3.8, 4) is 11.4 Å². The van der Waals surface area contributed by atoms with Crippen molar-refractivity contribution in [2.24, 2.45) is 5.92 Å². The molecule has 0 radical (unpaired) electrons. The standard InChI is InChI=1S/C21H20N4O/c1-2-19-16(5-8-23-19)12-17(1)21-24-9-10-25(21)20-14-26-13-18(20)11-15-3-6-22-7-4-15/h1-10,12,18,20,23H,11,13-14H2/t18-,20-/m1/s1. The molecule has 1 aliphatic heterocycles. The van der Waals surface area contributed by atoms with Crippen LogP contribution in [0.1, 0.15) is 11.6 Å². The summed E-state index contributed by atoms with van der Waals surface area (Å²) in [4.78, 5) is 12.0. The van der Waals surface area contributed by atoms with Gasteiger partial charge in [0.15, 0.2) is 0 Å². The van der Waals surface area contributed by atoms with Crippen LogP contribution in [0.4, 0.5) is 0 Å². The van der Waals surface area contributed by atoms with Crippen LogP contribution in [-0.2, 0) is 11.2 Å². The first-order valence-electron chi connectivity index (χ1n) is 8.95. The highest BCUT2D eigenvalue weighted by molar-refractivity contribution is 5.83. The Bertz CT molecular complexity index is 1020. The molecule has 0 bridgehead atoms. The van der Waals surface area contributed by atoms with Crippen LogP contribution in [0.15, 0.2) is 67.4 Å². The van der Waals surface area contributed by atoms with Crippen molar-refractivity contribution in [3.05, 3.63) is 72.9 Å². The van der Waals surface area contributed by atoms with E-state index in [2.05, 4.69) is 62.1 Å². The zero-order valence-electron chi connectivity index (χ0n) is 14.4. The van der Waals surface area contributed by atoms with Gasteiger partial charge in [-0.3, -0.25) is 4.98 Å². The monoisotopic (exact) mass is 344 g/mol. The minimum Gasteiger partial charge on any atom is -0.379 e. The van der Waals surface area contributed by atoms with Gasteiger partial charge in [-0.2, -0.15) is 0 Å². The molecule has 2 atom stereocenters. The summed E-state index contributed by atoms with van der Waals surface area (Å²) in [5.74, 6) is 1.43. The van der Waals surface area contributed by atoms with Crippen molar-refractivity contribution < 1.29 is 4.74 Å². The first-order chi connectivity index (χ1) is 12.9. The number of H-pyrrole nitrogens is 1. The zero-order valence-corrected chi connectivity index (χ0v) is 14.4. The van der Waals surface area contributed by atoms with Crippen LogP contribution in [0, 0.1) is 5.92 Å². The van der Waals surface area contributed by atoms with E-state index in [-0.39, 0.29) is 0 Å². The smallest absolute Gasteiger partial charge is 0.140 e. The number of rotatable bonds is 4. The van der Waals surface area contributed by atoms with Crippen LogP contribution in [0.2, 0.25) is 0 Å². The van der Waals surface area contributed by atoms with Crippen LogP contribution in [-0.4, -0.2) is 32.7 Å². The third-order valence-corrected chi connectivity index (χ3v) is 5.25.